The fourth-order valence-electron chi connectivity index (χ4n) is 2.82. The second kappa shape index (κ2) is 7.42. The lowest BCUT2D eigenvalue weighted by atomic mass is 9.98. The normalized spacial score (nSPS) is 18.8. The van der Waals surface area contributed by atoms with Crippen molar-refractivity contribution < 1.29 is 18.3 Å². The summed E-state index contributed by atoms with van der Waals surface area (Å²) in [5.74, 6) is 0.177. The number of rotatable bonds is 5. The molecule has 1 aliphatic rings. The van der Waals surface area contributed by atoms with Gasteiger partial charge in [0.2, 0.25) is 5.60 Å². The number of halogens is 3. The van der Waals surface area contributed by atoms with E-state index in [0.717, 1.165) is 25.9 Å². The van der Waals surface area contributed by atoms with Crippen LogP contribution in [0.1, 0.15) is 32.0 Å². The fraction of sp³-hybridized carbons (Fsp3) is 0.733. The van der Waals surface area contributed by atoms with Crippen molar-refractivity contribution in [3.05, 3.63) is 18.2 Å². The molecule has 1 aliphatic heterocycles. The summed E-state index contributed by atoms with van der Waals surface area (Å²) < 4.78 is 41.5. The second-order valence-corrected chi connectivity index (χ2v) is 5.90. The number of nitrogens with one attached hydrogen (secondary N) is 1. The second-order valence-electron chi connectivity index (χ2n) is 5.90. The molecule has 9 heteroatoms. The van der Waals surface area contributed by atoms with Crippen LogP contribution in [0.4, 0.5) is 13.2 Å². The predicted octanol–water partition coefficient (Wildman–Crippen LogP) is 1.62. The first kappa shape index (κ1) is 18.6. The minimum atomic E-state index is -4.83. The van der Waals surface area contributed by atoms with Crippen LogP contribution in [0, 0.1) is 0 Å². The molecule has 1 atom stereocenters. The van der Waals surface area contributed by atoms with E-state index in [1.165, 1.54) is 24.0 Å². The maximum Gasteiger partial charge on any atom is 0.424 e. The highest BCUT2D eigenvalue weighted by atomic mass is 19.4. The summed E-state index contributed by atoms with van der Waals surface area (Å²) in [6.45, 7) is 4.08. The molecule has 6 nitrogen and oxygen atoms in total. The van der Waals surface area contributed by atoms with Crippen LogP contribution in [0.15, 0.2) is 17.4 Å². The molecule has 0 saturated carbocycles. The molecular weight excluding hydrogens is 323 g/mol. The summed E-state index contributed by atoms with van der Waals surface area (Å²) in [4.78, 5) is 9.98. The summed E-state index contributed by atoms with van der Waals surface area (Å²) in [6.07, 6.45) is -0.695. The van der Waals surface area contributed by atoms with E-state index in [1.54, 1.807) is 0 Å². The van der Waals surface area contributed by atoms with E-state index in [2.05, 4.69) is 15.3 Å². The number of aromatic nitrogens is 2. The van der Waals surface area contributed by atoms with Gasteiger partial charge >= 0.3 is 6.18 Å². The lowest BCUT2D eigenvalue weighted by molar-refractivity contribution is -0.272. The fourth-order valence-corrected chi connectivity index (χ4v) is 2.82. The number of guanidine groups is 1. The number of aliphatic imine (C=N–C) groups is 1. The van der Waals surface area contributed by atoms with Crippen LogP contribution in [0.3, 0.4) is 0 Å². The zero-order valence-corrected chi connectivity index (χ0v) is 14.0. The summed E-state index contributed by atoms with van der Waals surface area (Å²) >= 11 is 0. The van der Waals surface area contributed by atoms with E-state index in [9.17, 15) is 18.3 Å². The summed E-state index contributed by atoms with van der Waals surface area (Å²) in [6, 6.07) is 0. The van der Waals surface area contributed by atoms with Crippen LogP contribution in [0.5, 0.6) is 0 Å². The standard InChI is InChI=1S/C15H24F3N5O/c1-3-19-13(23-9-4-5-10-23)21-7-6-14(24,15(16,17)18)12-20-8-11-22(12)2/h8,11,24H,3-7,9-10H2,1-2H3,(H,19,21). The highest BCUT2D eigenvalue weighted by molar-refractivity contribution is 5.80. The summed E-state index contributed by atoms with van der Waals surface area (Å²) in [5.41, 5.74) is -3.02. The molecule has 1 unspecified atom stereocenters. The number of nitrogens with zero attached hydrogens (tertiary/aromatic N) is 4. The van der Waals surface area contributed by atoms with Crippen LogP contribution in [0.2, 0.25) is 0 Å². The van der Waals surface area contributed by atoms with Gasteiger partial charge in [0.05, 0.1) is 0 Å². The number of alkyl halides is 3. The first-order valence-electron chi connectivity index (χ1n) is 8.09. The third-order valence-electron chi connectivity index (χ3n) is 4.14. The van der Waals surface area contributed by atoms with Gasteiger partial charge < -0.3 is 19.9 Å². The molecule has 0 aromatic carbocycles. The van der Waals surface area contributed by atoms with Crippen LogP contribution < -0.4 is 5.32 Å². The average Bonchev–Trinajstić information content (AvgIpc) is 3.16. The lowest BCUT2D eigenvalue weighted by Crippen LogP contribution is -2.45. The van der Waals surface area contributed by atoms with E-state index in [1.807, 2.05) is 11.8 Å². The van der Waals surface area contributed by atoms with Crippen molar-refractivity contribution in [3.63, 3.8) is 0 Å². The van der Waals surface area contributed by atoms with E-state index in [4.69, 9.17) is 0 Å². The number of likely N-dealkylation sites (tertiary alicyclic amines) is 1. The van der Waals surface area contributed by atoms with Gasteiger partial charge in [-0.1, -0.05) is 0 Å². The third-order valence-corrected chi connectivity index (χ3v) is 4.14. The monoisotopic (exact) mass is 347 g/mol. The van der Waals surface area contributed by atoms with E-state index >= 15 is 0 Å². The topological polar surface area (TPSA) is 65.7 Å². The Labute approximate surface area is 139 Å². The van der Waals surface area contributed by atoms with Crippen LogP contribution in [-0.2, 0) is 12.6 Å². The van der Waals surface area contributed by atoms with Crippen molar-refractivity contribution in [2.24, 2.45) is 12.0 Å². The number of hydrogen-bond donors (Lipinski definition) is 2. The van der Waals surface area contributed by atoms with Gasteiger partial charge in [-0.3, -0.25) is 4.99 Å². The summed E-state index contributed by atoms with van der Waals surface area (Å²) in [5, 5.41) is 13.4. The molecule has 1 saturated heterocycles. The quantitative estimate of drug-likeness (QED) is 0.628. The molecule has 1 fully saturated rings. The van der Waals surface area contributed by atoms with E-state index < -0.39 is 24.0 Å². The van der Waals surface area contributed by atoms with Crippen molar-refractivity contribution in [3.8, 4) is 0 Å². The smallest absolute Gasteiger partial charge is 0.374 e. The van der Waals surface area contributed by atoms with Crippen molar-refractivity contribution in [1.29, 1.82) is 0 Å². The minimum Gasteiger partial charge on any atom is -0.374 e. The van der Waals surface area contributed by atoms with Gasteiger partial charge in [0.15, 0.2) is 5.96 Å². The van der Waals surface area contributed by atoms with Crippen LogP contribution in [-0.4, -0.2) is 57.9 Å². The Balaban J connectivity index is 2.15. The average molecular weight is 347 g/mol. The van der Waals surface area contributed by atoms with Crippen molar-refractivity contribution in [2.45, 2.75) is 38.0 Å². The van der Waals surface area contributed by atoms with Gasteiger partial charge in [-0.05, 0) is 19.8 Å². The molecule has 24 heavy (non-hydrogen) atoms. The van der Waals surface area contributed by atoms with Gasteiger partial charge in [-0.15, -0.1) is 0 Å². The largest absolute Gasteiger partial charge is 0.424 e. The molecule has 1 aromatic heterocycles. The zero-order chi connectivity index (χ0) is 17.8. The molecule has 2 rings (SSSR count). The molecule has 2 N–H and O–H groups in total. The van der Waals surface area contributed by atoms with E-state index in [-0.39, 0.29) is 6.54 Å². The molecule has 136 valence electrons. The Bertz CT molecular complexity index is 566. The molecule has 0 aliphatic carbocycles. The Kier molecular flexibility index (Phi) is 5.74. The van der Waals surface area contributed by atoms with Crippen molar-refractivity contribution in [1.82, 2.24) is 19.8 Å². The Morgan fingerprint density at radius 1 is 1.38 bits per heavy atom. The van der Waals surface area contributed by atoms with Crippen LogP contribution >= 0.6 is 0 Å². The maximum absolute atomic E-state index is 13.4. The maximum atomic E-state index is 13.4. The molecular formula is C15H24F3N5O. The highest BCUT2D eigenvalue weighted by Crippen LogP contribution is 2.40. The number of imidazole rings is 1. The SMILES string of the molecule is CCNC(=NCCC(O)(c1nccn1C)C(F)(F)F)N1CCCC1. The number of aryl methyl sites for hydroxylation is 1. The summed E-state index contributed by atoms with van der Waals surface area (Å²) in [7, 11) is 1.43. The highest BCUT2D eigenvalue weighted by Gasteiger charge is 2.57. The van der Waals surface area contributed by atoms with Gasteiger partial charge in [0, 0.05) is 52.0 Å². The van der Waals surface area contributed by atoms with Gasteiger partial charge in [0.25, 0.3) is 0 Å². The van der Waals surface area contributed by atoms with Gasteiger partial charge in [-0.25, -0.2) is 4.98 Å². The first-order valence-corrected chi connectivity index (χ1v) is 8.09. The van der Waals surface area contributed by atoms with Crippen LogP contribution in [0.25, 0.3) is 0 Å². The minimum absolute atomic E-state index is 0.151. The molecule has 0 bridgehead atoms. The van der Waals surface area contributed by atoms with Gasteiger partial charge in [0.1, 0.15) is 5.82 Å². The van der Waals surface area contributed by atoms with E-state index in [0.29, 0.717) is 12.5 Å². The zero-order valence-electron chi connectivity index (χ0n) is 14.0. The van der Waals surface area contributed by atoms with Gasteiger partial charge in [-0.2, -0.15) is 13.2 Å². The molecule has 0 spiro atoms. The first-order chi connectivity index (χ1) is 11.3. The number of hydrogen-bond acceptors (Lipinski definition) is 3. The van der Waals surface area contributed by atoms with Crippen molar-refractivity contribution in [2.75, 3.05) is 26.2 Å². The Morgan fingerprint density at radius 3 is 2.54 bits per heavy atom. The third kappa shape index (κ3) is 3.82. The molecule has 0 amide bonds. The molecule has 1 aromatic rings. The molecule has 0 radical (unpaired) electrons. The lowest BCUT2D eigenvalue weighted by Gasteiger charge is -2.29. The predicted molar refractivity (Wildman–Crippen MR) is 84.6 cm³/mol. The Hall–Kier alpha value is -1.77. The van der Waals surface area contributed by atoms with Crippen molar-refractivity contribution >= 4 is 5.96 Å². The number of aliphatic hydroxyl groups is 1. The Morgan fingerprint density at radius 2 is 2.04 bits per heavy atom. The molecule has 2 heterocycles.